The zero-order chi connectivity index (χ0) is 9.40. The van der Waals surface area contributed by atoms with E-state index in [1.807, 2.05) is 0 Å². The third-order valence-corrected chi connectivity index (χ3v) is 2.01. The Morgan fingerprint density at radius 2 is 2.17 bits per heavy atom. The first-order valence-electron chi connectivity index (χ1n) is 4.17. The van der Waals surface area contributed by atoms with E-state index in [0.717, 1.165) is 18.8 Å². The van der Waals surface area contributed by atoms with Crippen molar-refractivity contribution < 1.29 is 4.74 Å². The van der Waals surface area contributed by atoms with Gasteiger partial charge in [0.2, 0.25) is 0 Å². The summed E-state index contributed by atoms with van der Waals surface area (Å²) in [5.74, 6) is 1.48. The number of amidine groups is 1. The third-order valence-electron chi connectivity index (χ3n) is 1.32. The summed E-state index contributed by atoms with van der Waals surface area (Å²) < 4.78 is 5.32. The molecule has 0 amide bonds. The molecule has 3 N–H and O–H groups in total. The van der Waals surface area contributed by atoms with Gasteiger partial charge < -0.3 is 10.5 Å². The second-order valence-corrected chi connectivity index (χ2v) is 4.14. The number of ether oxygens (including phenoxy) is 1. The van der Waals surface area contributed by atoms with Crippen LogP contribution in [0.15, 0.2) is 0 Å². The Labute approximate surface area is 78.6 Å². The molecule has 0 aliphatic carbocycles. The van der Waals surface area contributed by atoms with E-state index in [1.165, 1.54) is 11.8 Å². The summed E-state index contributed by atoms with van der Waals surface area (Å²) in [6.07, 6.45) is 1.10. The van der Waals surface area contributed by atoms with Crippen LogP contribution in [0.4, 0.5) is 0 Å². The van der Waals surface area contributed by atoms with Crippen LogP contribution >= 0.6 is 11.8 Å². The molecule has 0 aliphatic rings. The lowest BCUT2D eigenvalue weighted by molar-refractivity contribution is 0.138. The maximum Gasteiger partial charge on any atom is 0.151 e. The van der Waals surface area contributed by atoms with Crippen molar-refractivity contribution in [1.82, 2.24) is 0 Å². The molecule has 0 fully saturated rings. The molecule has 0 saturated heterocycles. The van der Waals surface area contributed by atoms with Gasteiger partial charge in [0.05, 0.1) is 6.61 Å². The van der Waals surface area contributed by atoms with Crippen LogP contribution in [-0.4, -0.2) is 24.1 Å². The van der Waals surface area contributed by atoms with Crippen molar-refractivity contribution in [2.45, 2.75) is 20.3 Å². The van der Waals surface area contributed by atoms with Crippen molar-refractivity contribution in [3.8, 4) is 0 Å². The molecule has 0 spiro atoms. The van der Waals surface area contributed by atoms with E-state index >= 15 is 0 Å². The smallest absolute Gasteiger partial charge is 0.151 e. The van der Waals surface area contributed by atoms with Crippen LogP contribution < -0.4 is 5.73 Å². The lowest BCUT2D eigenvalue weighted by Gasteiger charge is -2.05. The van der Waals surface area contributed by atoms with E-state index in [1.54, 1.807) is 0 Å². The Hall–Kier alpha value is -0.220. The second-order valence-electron chi connectivity index (χ2n) is 3.01. The summed E-state index contributed by atoms with van der Waals surface area (Å²) in [6, 6.07) is 0. The van der Waals surface area contributed by atoms with Gasteiger partial charge in [-0.1, -0.05) is 25.6 Å². The van der Waals surface area contributed by atoms with Gasteiger partial charge in [-0.25, -0.2) is 0 Å². The number of hydrogen-bond acceptors (Lipinski definition) is 3. The highest BCUT2D eigenvalue weighted by atomic mass is 32.2. The minimum atomic E-state index is 0.169. The number of hydrogen-bond donors (Lipinski definition) is 2. The molecule has 0 aromatic carbocycles. The topological polar surface area (TPSA) is 59.1 Å². The van der Waals surface area contributed by atoms with Crippen LogP contribution in [0.1, 0.15) is 20.3 Å². The van der Waals surface area contributed by atoms with Crippen LogP contribution in [-0.2, 0) is 4.74 Å². The van der Waals surface area contributed by atoms with E-state index in [-0.39, 0.29) is 5.17 Å². The van der Waals surface area contributed by atoms with Gasteiger partial charge in [-0.2, -0.15) is 0 Å². The molecule has 0 aromatic heterocycles. The average molecular weight is 190 g/mol. The first kappa shape index (κ1) is 11.8. The van der Waals surface area contributed by atoms with E-state index in [2.05, 4.69) is 13.8 Å². The van der Waals surface area contributed by atoms with Crippen molar-refractivity contribution in [3.63, 3.8) is 0 Å². The SMILES string of the molecule is CC(C)CCOCCSC(=N)N. The highest BCUT2D eigenvalue weighted by molar-refractivity contribution is 8.13. The lowest BCUT2D eigenvalue weighted by atomic mass is 10.1. The molecule has 0 atom stereocenters. The Bertz CT molecular complexity index is 128. The van der Waals surface area contributed by atoms with Crippen molar-refractivity contribution in [3.05, 3.63) is 0 Å². The van der Waals surface area contributed by atoms with E-state index in [9.17, 15) is 0 Å². The first-order chi connectivity index (χ1) is 5.63. The monoisotopic (exact) mass is 190 g/mol. The summed E-state index contributed by atoms with van der Waals surface area (Å²) in [5.41, 5.74) is 5.15. The van der Waals surface area contributed by atoms with E-state index in [4.69, 9.17) is 15.9 Å². The highest BCUT2D eigenvalue weighted by Gasteiger charge is 1.94. The molecule has 0 heterocycles. The average Bonchev–Trinajstić information content (AvgIpc) is 1.95. The number of thioether (sulfide) groups is 1. The largest absolute Gasteiger partial charge is 0.381 e. The normalized spacial score (nSPS) is 10.6. The van der Waals surface area contributed by atoms with Crippen molar-refractivity contribution in [2.24, 2.45) is 11.7 Å². The van der Waals surface area contributed by atoms with Crippen LogP contribution in [0.2, 0.25) is 0 Å². The molecule has 0 radical (unpaired) electrons. The minimum Gasteiger partial charge on any atom is -0.381 e. The summed E-state index contributed by atoms with van der Waals surface area (Å²) in [4.78, 5) is 0. The predicted molar refractivity (Wildman–Crippen MR) is 54.6 cm³/mol. The Kier molecular flexibility index (Phi) is 7.29. The molecule has 3 nitrogen and oxygen atoms in total. The third kappa shape index (κ3) is 9.78. The maximum absolute atomic E-state index is 6.93. The van der Waals surface area contributed by atoms with Crippen LogP contribution in [0.3, 0.4) is 0 Å². The quantitative estimate of drug-likeness (QED) is 0.380. The van der Waals surface area contributed by atoms with Crippen LogP contribution in [0.5, 0.6) is 0 Å². The lowest BCUT2D eigenvalue weighted by Crippen LogP contribution is -2.08. The van der Waals surface area contributed by atoms with Gasteiger partial charge in [0, 0.05) is 12.4 Å². The molecule has 12 heavy (non-hydrogen) atoms. The van der Waals surface area contributed by atoms with E-state index < -0.39 is 0 Å². The predicted octanol–water partition coefficient (Wildman–Crippen LogP) is 1.68. The molecular formula is C8H18N2OS. The van der Waals surface area contributed by atoms with Crippen LogP contribution in [0.25, 0.3) is 0 Å². The van der Waals surface area contributed by atoms with Gasteiger partial charge in [0.1, 0.15) is 0 Å². The number of rotatable bonds is 6. The van der Waals surface area contributed by atoms with Crippen molar-refractivity contribution in [1.29, 1.82) is 5.41 Å². The Balaban J connectivity index is 2.96. The summed E-state index contributed by atoms with van der Waals surface area (Å²) in [5, 5.41) is 7.10. The number of nitrogens with two attached hydrogens (primary N) is 1. The Morgan fingerprint density at radius 1 is 1.50 bits per heavy atom. The first-order valence-corrected chi connectivity index (χ1v) is 5.16. The van der Waals surface area contributed by atoms with Crippen molar-refractivity contribution in [2.75, 3.05) is 19.0 Å². The molecule has 0 saturated carbocycles. The molecular weight excluding hydrogens is 172 g/mol. The molecule has 0 unspecified atom stereocenters. The van der Waals surface area contributed by atoms with Crippen molar-refractivity contribution >= 4 is 16.9 Å². The van der Waals surface area contributed by atoms with Gasteiger partial charge in [0.15, 0.2) is 5.17 Å². The zero-order valence-corrected chi connectivity index (χ0v) is 8.62. The fourth-order valence-corrected chi connectivity index (χ4v) is 1.05. The molecule has 4 heteroatoms. The number of nitrogens with one attached hydrogen (secondary N) is 1. The molecule has 0 rings (SSSR count). The summed E-state index contributed by atoms with van der Waals surface area (Å²) >= 11 is 1.33. The summed E-state index contributed by atoms with van der Waals surface area (Å²) in [6.45, 7) is 5.86. The fourth-order valence-electron chi connectivity index (χ4n) is 0.632. The molecule has 0 bridgehead atoms. The van der Waals surface area contributed by atoms with Gasteiger partial charge in [-0.05, 0) is 12.3 Å². The van der Waals surface area contributed by atoms with Gasteiger partial charge in [0.25, 0.3) is 0 Å². The highest BCUT2D eigenvalue weighted by Crippen LogP contribution is 2.00. The zero-order valence-electron chi connectivity index (χ0n) is 7.80. The van der Waals surface area contributed by atoms with Gasteiger partial charge in [-0.3, -0.25) is 5.41 Å². The van der Waals surface area contributed by atoms with Gasteiger partial charge in [-0.15, -0.1) is 0 Å². The standard InChI is InChI=1S/C8H18N2OS/c1-7(2)3-4-11-5-6-12-8(9)10/h7H,3-6H2,1-2H3,(H3,9,10). The maximum atomic E-state index is 6.93. The second kappa shape index (κ2) is 7.43. The minimum absolute atomic E-state index is 0.169. The van der Waals surface area contributed by atoms with Gasteiger partial charge >= 0.3 is 0 Å². The fraction of sp³-hybridized carbons (Fsp3) is 0.875. The molecule has 72 valence electrons. The van der Waals surface area contributed by atoms with E-state index in [0.29, 0.717) is 12.5 Å². The van der Waals surface area contributed by atoms with Crippen LogP contribution in [0, 0.1) is 11.3 Å². The summed E-state index contributed by atoms with van der Waals surface area (Å²) in [7, 11) is 0. The molecule has 0 aliphatic heterocycles. The molecule has 0 aromatic rings. The Morgan fingerprint density at radius 3 is 2.67 bits per heavy atom.